The van der Waals surface area contributed by atoms with E-state index >= 15 is 0 Å². The molecule has 2 rings (SSSR count). The lowest BCUT2D eigenvalue weighted by molar-refractivity contribution is 0.0734. The van der Waals surface area contributed by atoms with Gasteiger partial charge in [0.05, 0.1) is 18.4 Å². The third-order valence-corrected chi connectivity index (χ3v) is 6.46. The molecule has 2 aromatic rings. The molecule has 1 atom stereocenters. The summed E-state index contributed by atoms with van der Waals surface area (Å²) in [5.74, 6) is 2.40. The second-order valence-corrected chi connectivity index (χ2v) is 9.64. The highest BCUT2D eigenvalue weighted by atomic mass is 16.5. The van der Waals surface area contributed by atoms with Crippen LogP contribution in [0, 0.1) is 5.92 Å². The van der Waals surface area contributed by atoms with Crippen molar-refractivity contribution < 1.29 is 19.0 Å². The molecule has 2 aromatic carbocycles. The molecule has 4 nitrogen and oxygen atoms in total. The molecule has 0 aromatic heterocycles. The van der Waals surface area contributed by atoms with E-state index in [1.807, 2.05) is 12.1 Å². The average molecular weight is 495 g/mol. The molecule has 0 aliphatic rings. The van der Waals surface area contributed by atoms with Crippen LogP contribution in [-0.4, -0.2) is 12.6 Å². The van der Waals surface area contributed by atoms with Crippen LogP contribution in [0.15, 0.2) is 60.9 Å². The largest absolute Gasteiger partial charge is 0.494 e. The van der Waals surface area contributed by atoms with Gasteiger partial charge in [-0.1, -0.05) is 78.6 Å². The van der Waals surface area contributed by atoms with Crippen LogP contribution >= 0.6 is 0 Å². The fourth-order valence-electron chi connectivity index (χ4n) is 3.84. The van der Waals surface area contributed by atoms with Crippen LogP contribution in [0.3, 0.4) is 0 Å². The highest BCUT2D eigenvalue weighted by molar-refractivity contribution is 5.91. The maximum atomic E-state index is 12.5. The minimum atomic E-state index is -0.390. The van der Waals surface area contributed by atoms with E-state index in [0.717, 1.165) is 30.3 Å². The van der Waals surface area contributed by atoms with Gasteiger partial charge in [0.2, 0.25) is 0 Å². The maximum absolute atomic E-state index is 12.5. The Morgan fingerprint density at radius 2 is 1.42 bits per heavy atom. The SMILES string of the molecule is CCCCCCCC/C=C/Oc1ccc(OC(=O)c2ccc(OCCCCC[C@@H](C)CC)cc2)cc1. The first kappa shape index (κ1) is 29.5. The summed E-state index contributed by atoms with van der Waals surface area (Å²) in [6, 6.07) is 14.2. The van der Waals surface area contributed by atoms with Crippen LogP contribution in [0.1, 0.15) is 108 Å². The summed E-state index contributed by atoms with van der Waals surface area (Å²) >= 11 is 0. The number of unbranched alkanes of at least 4 members (excludes halogenated alkanes) is 8. The zero-order chi connectivity index (χ0) is 25.8. The summed E-state index contributed by atoms with van der Waals surface area (Å²) in [5.41, 5.74) is 0.494. The predicted molar refractivity (Wildman–Crippen MR) is 149 cm³/mol. The zero-order valence-corrected chi connectivity index (χ0v) is 22.7. The molecule has 0 heterocycles. The maximum Gasteiger partial charge on any atom is 0.343 e. The molecular weight excluding hydrogens is 448 g/mol. The molecule has 0 spiro atoms. The molecule has 0 saturated carbocycles. The molecule has 0 aliphatic carbocycles. The quantitative estimate of drug-likeness (QED) is 0.0844. The molecule has 36 heavy (non-hydrogen) atoms. The number of carbonyl (C=O) groups is 1. The van der Waals surface area contributed by atoms with E-state index in [9.17, 15) is 4.79 Å². The monoisotopic (exact) mass is 494 g/mol. The second kappa shape index (κ2) is 18.5. The van der Waals surface area contributed by atoms with E-state index in [2.05, 4.69) is 26.8 Å². The van der Waals surface area contributed by atoms with Gasteiger partial charge in [-0.25, -0.2) is 4.79 Å². The average Bonchev–Trinajstić information content (AvgIpc) is 2.90. The van der Waals surface area contributed by atoms with Gasteiger partial charge in [0.1, 0.15) is 17.2 Å². The number of esters is 1. The van der Waals surface area contributed by atoms with Gasteiger partial charge in [0, 0.05) is 0 Å². The molecule has 0 amide bonds. The van der Waals surface area contributed by atoms with Crippen molar-refractivity contribution in [1.82, 2.24) is 0 Å². The Kier molecular flexibility index (Phi) is 15.2. The normalized spacial score (nSPS) is 12.0. The number of rotatable bonds is 19. The van der Waals surface area contributed by atoms with Crippen LogP contribution in [0.25, 0.3) is 0 Å². The Morgan fingerprint density at radius 1 is 0.778 bits per heavy atom. The lowest BCUT2D eigenvalue weighted by Crippen LogP contribution is -2.08. The van der Waals surface area contributed by atoms with Gasteiger partial charge in [0.25, 0.3) is 0 Å². The molecule has 4 heteroatoms. The fraction of sp³-hybridized carbons (Fsp3) is 0.531. The predicted octanol–water partition coefficient (Wildman–Crippen LogP) is 9.53. The Morgan fingerprint density at radius 3 is 2.14 bits per heavy atom. The van der Waals surface area contributed by atoms with Crippen LogP contribution in [0.4, 0.5) is 0 Å². The number of hydrogen-bond acceptors (Lipinski definition) is 4. The molecule has 0 unspecified atom stereocenters. The third kappa shape index (κ3) is 12.8. The van der Waals surface area contributed by atoms with E-state index in [1.165, 1.54) is 64.2 Å². The highest BCUT2D eigenvalue weighted by Crippen LogP contribution is 2.20. The molecule has 0 bridgehead atoms. The summed E-state index contributed by atoms with van der Waals surface area (Å²) in [5, 5.41) is 0. The lowest BCUT2D eigenvalue weighted by atomic mass is 10.0. The van der Waals surface area contributed by atoms with Crippen LogP contribution < -0.4 is 14.2 Å². The van der Waals surface area contributed by atoms with Crippen LogP contribution in [0.5, 0.6) is 17.2 Å². The summed E-state index contributed by atoms with van der Waals surface area (Å²) in [4.78, 5) is 12.5. The lowest BCUT2D eigenvalue weighted by Gasteiger charge is -2.09. The molecule has 0 radical (unpaired) electrons. The molecule has 198 valence electrons. The van der Waals surface area contributed by atoms with Gasteiger partial charge in [-0.3, -0.25) is 0 Å². The number of allylic oxidation sites excluding steroid dienone is 1. The summed E-state index contributed by atoms with van der Waals surface area (Å²) in [6.45, 7) is 7.50. The van der Waals surface area contributed by atoms with Crippen LogP contribution in [0.2, 0.25) is 0 Å². The third-order valence-electron chi connectivity index (χ3n) is 6.46. The van der Waals surface area contributed by atoms with Crippen molar-refractivity contribution >= 4 is 5.97 Å². The van der Waals surface area contributed by atoms with Gasteiger partial charge in [-0.2, -0.15) is 0 Å². The molecule has 0 saturated heterocycles. The highest BCUT2D eigenvalue weighted by Gasteiger charge is 2.09. The smallest absolute Gasteiger partial charge is 0.343 e. The first-order valence-electron chi connectivity index (χ1n) is 14.0. The summed E-state index contributed by atoms with van der Waals surface area (Å²) in [7, 11) is 0. The van der Waals surface area contributed by atoms with Gasteiger partial charge in [0.15, 0.2) is 0 Å². The Hall–Kier alpha value is -2.75. The second-order valence-electron chi connectivity index (χ2n) is 9.64. The summed E-state index contributed by atoms with van der Waals surface area (Å²) < 4.78 is 16.9. The van der Waals surface area contributed by atoms with E-state index in [0.29, 0.717) is 17.9 Å². The minimum Gasteiger partial charge on any atom is -0.494 e. The first-order chi connectivity index (χ1) is 17.6. The molecule has 0 N–H and O–H groups in total. The zero-order valence-electron chi connectivity index (χ0n) is 22.7. The van der Waals surface area contributed by atoms with Crippen molar-refractivity contribution in [1.29, 1.82) is 0 Å². The van der Waals surface area contributed by atoms with E-state index in [4.69, 9.17) is 14.2 Å². The number of ether oxygens (including phenoxy) is 3. The van der Waals surface area contributed by atoms with Crippen molar-refractivity contribution in [3.63, 3.8) is 0 Å². The summed E-state index contributed by atoms with van der Waals surface area (Å²) in [6.07, 6.45) is 18.6. The van der Waals surface area contributed by atoms with E-state index in [1.54, 1.807) is 42.7 Å². The van der Waals surface area contributed by atoms with Crippen molar-refractivity contribution in [2.24, 2.45) is 5.92 Å². The van der Waals surface area contributed by atoms with Crippen molar-refractivity contribution in [2.75, 3.05) is 6.61 Å². The van der Waals surface area contributed by atoms with Crippen molar-refractivity contribution in [3.8, 4) is 17.2 Å². The standard InChI is InChI=1S/C32H46O4/c1-4-6-7-8-9-10-11-14-25-35-30-21-23-31(24-22-30)36-32(33)28-17-19-29(20-18-28)34-26-15-12-13-16-27(3)5-2/h14,17-25,27H,4-13,15-16,26H2,1-3H3/b25-14+/t27-/m0/s1. The molecule has 0 fully saturated rings. The molecule has 0 aliphatic heterocycles. The Bertz CT molecular complexity index is 855. The van der Waals surface area contributed by atoms with E-state index < -0.39 is 0 Å². The van der Waals surface area contributed by atoms with Gasteiger partial charge < -0.3 is 14.2 Å². The first-order valence-corrected chi connectivity index (χ1v) is 14.0. The van der Waals surface area contributed by atoms with Gasteiger partial charge in [-0.05, 0) is 79.8 Å². The van der Waals surface area contributed by atoms with Gasteiger partial charge >= 0.3 is 5.97 Å². The number of carbonyl (C=O) groups excluding carboxylic acids is 1. The Labute approximate surface area is 219 Å². The fourth-order valence-corrected chi connectivity index (χ4v) is 3.84. The number of benzene rings is 2. The molecular formula is C32H46O4. The van der Waals surface area contributed by atoms with Crippen molar-refractivity contribution in [3.05, 3.63) is 66.4 Å². The van der Waals surface area contributed by atoms with Crippen molar-refractivity contribution in [2.45, 2.75) is 97.8 Å². The van der Waals surface area contributed by atoms with E-state index in [-0.39, 0.29) is 5.97 Å². The van der Waals surface area contributed by atoms with Gasteiger partial charge in [-0.15, -0.1) is 0 Å². The topological polar surface area (TPSA) is 44.8 Å². The Balaban J connectivity index is 1.64. The number of hydrogen-bond donors (Lipinski definition) is 0. The minimum absolute atomic E-state index is 0.390. The van der Waals surface area contributed by atoms with Crippen LogP contribution in [-0.2, 0) is 0 Å².